The van der Waals surface area contributed by atoms with Crippen LogP contribution >= 0.6 is 15.9 Å². The van der Waals surface area contributed by atoms with Gasteiger partial charge in [-0.25, -0.2) is 8.78 Å². The van der Waals surface area contributed by atoms with Crippen molar-refractivity contribution in [2.24, 2.45) is 0 Å². The highest BCUT2D eigenvalue weighted by atomic mass is 79.9. The van der Waals surface area contributed by atoms with Crippen LogP contribution in [0.5, 0.6) is 0 Å². The van der Waals surface area contributed by atoms with Crippen LogP contribution in [0.4, 0.5) is 37.2 Å². The standard InChI is InChI=1S/C50H36FN.C29H18BrF.C21H19N/c1-49(2)43-23-13-12-21-38(43)39-27-25-36(31-45(39)49)52(35-19-10-5-11-20-35)37-26-28-42-46(32-37)50(33-15-6-3-7-16-33,34-17-8-4-9-18-34)44-30-29-40-41(48(42)44)22-14-24-47(40)51;30-21-14-15-24-26(18-21)29(19-8-3-1-4-9-19,20-10-5-2-6-11-20)25-17-16-22-23(28(24)25)12-7-13-27(22)31;1-21(2)19-11-7-6-10-17(19)18-13-12-16(14-20(18)21)22-15-8-4-3-5-9-15/h3-32H,1-2H3;1-18H;3-14,22H,1-2H3. The smallest absolute Gasteiger partial charge is 0.131 e. The van der Waals surface area contributed by atoms with Crippen LogP contribution in [0, 0.1) is 11.6 Å². The van der Waals surface area contributed by atoms with Crippen molar-refractivity contribution >= 4 is 65.9 Å². The Balaban J connectivity index is 0.000000124. The number of anilines is 5. The highest BCUT2D eigenvalue weighted by Gasteiger charge is 2.49. The molecule has 504 valence electrons. The van der Waals surface area contributed by atoms with E-state index in [0.29, 0.717) is 10.8 Å². The fourth-order valence-corrected chi connectivity index (χ4v) is 18.4. The van der Waals surface area contributed by atoms with E-state index in [1.54, 1.807) is 6.07 Å². The molecular formula is C100H73BrF2N2. The molecule has 1 N–H and O–H groups in total. The fraction of sp³-hybridized carbons (Fsp3) is 0.0800. The molecule has 20 rings (SSSR count). The summed E-state index contributed by atoms with van der Waals surface area (Å²) >= 11 is 3.71. The average Bonchev–Trinajstić information content (AvgIpc) is 1.54. The molecular weight excluding hydrogens is 1350 g/mol. The van der Waals surface area contributed by atoms with E-state index in [0.717, 1.165) is 65.9 Å². The number of rotatable bonds is 9. The maximum absolute atomic E-state index is 15.4. The number of nitrogens with one attached hydrogen (secondary N) is 1. The van der Waals surface area contributed by atoms with Crippen LogP contribution in [-0.2, 0) is 21.7 Å². The summed E-state index contributed by atoms with van der Waals surface area (Å²) in [4.78, 5) is 2.39. The zero-order valence-corrected chi connectivity index (χ0v) is 60.3. The van der Waals surface area contributed by atoms with Gasteiger partial charge >= 0.3 is 0 Å². The number of benzene rings is 16. The zero-order valence-electron chi connectivity index (χ0n) is 58.7. The Bertz CT molecular complexity index is 5960. The lowest BCUT2D eigenvalue weighted by molar-refractivity contribution is 0.639. The number of fused-ring (bicyclic) bond motifs is 16. The molecule has 0 heterocycles. The number of para-hydroxylation sites is 2. The molecule has 0 aliphatic heterocycles. The average molecular weight is 1420 g/mol. The first-order valence-corrected chi connectivity index (χ1v) is 36.9. The van der Waals surface area contributed by atoms with E-state index >= 15 is 4.39 Å². The van der Waals surface area contributed by atoms with Gasteiger partial charge in [-0.15, -0.1) is 0 Å². The summed E-state index contributed by atoms with van der Waals surface area (Å²) in [5.74, 6) is -0.386. The fourth-order valence-electron chi connectivity index (χ4n) is 18.0. The SMILES string of the molecule is CC1(C)c2ccccc2-c2ccc(N(c3ccccc3)c3ccc4c(c3)C(c3ccccc3)(c3ccccc3)c3ccc5c(F)cccc5c3-4)cc21.CC1(C)c2ccccc2-c2ccc(Nc3ccccc3)cc21.Fc1cccc2c3c(ccc12)C(c1ccccc1)(c1ccccc1)c1cc(Br)ccc1-3. The minimum Gasteiger partial charge on any atom is -0.356 e. The van der Waals surface area contributed by atoms with Gasteiger partial charge in [0.1, 0.15) is 11.6 Å². The van der Waals surface area contributed by atoms with Crippen molar-refractivity contribution in [2.45, 2.75) is 49.4 Å². The van der Waals surface area contributed by atoms with Crippen LogP contribution in [0.3, 0.4) is 0 Å². The molecule has 0 amide bonds. The van der Waals surface area contributed by atoms with Crippen LogP contribution in [-0.4, -0.2) is 0 Å². The van der Waals surface area contributed by atoms with Gasteiger partial charge in [-0.1, -0.05) is 323 Å². The lowest BCUT2D eigenvalue weighted by atomic mass is 9.67. The molecule has 0 spiro atoms. The molecule has 4 aliphatic rings. The number of hydrogen-bond donors (Lipinski definition) is 1. The van der Waals surface area contributed by atoms with Gasteiger partial charge in [0, 0.05) is 54.5 Å². The number of hydrogen-bond acceptors (Lipinski definition) is 2. The lowest BCUT2D eigenvalue weighted by Crippen LogP contribution is -2.28. The molecule has 16 aromatic rings. The molecule has 0 bridgehead atoms. The quantitative estimate of drug-likeness (QED) is 0.155. The van der Waals surface area contributed by atoms with Gasteiger partial charge in [0.15, 0.2) is 0 Å². The molecule has 0 saturated carbocycles. The molecule has 0 radical (unpaired) electrons. The molecule has 0 saturated heterocycles. The Morgan fingerprint density at radius 1 is 0.257 bits per heavy atom. The Labute approximate surface area is 621 Å². The normalized spacial score (nSPS) is 14.2. The van der Waals surface area contributed by atoms with Crippen molar-refractivity contribution < 1.29 is 8.78 Å². The maximum atomic E-state index is 15.4. The molecule has 0 atom stereocenters. The van der Waals surface area contributed by atoms with Gasteiger partial charge in [-0.2, -0.15) is 0 Å². The lowest BCUT2D eigenvalue weighted by Gasteiger charge is -2.35. The first-order chi connectivity index (χ1) is 51.3. The van der Waals surface area contributed by atoms with E-state index in [9.17, 15) is 4.39 Å². The summed E-state index contributed by atoms with van der Waals surface area (Å²) in [5.41, 5.74) is 29.2. The van der Waals surface area contributed by atoms with E-state index in [4.69, 9.17) is 0 Å². The molecule has 2 nitrogen and oxygen atoms in total. The molecule has 105 heavy (non-hydrogen) atoms. The largest absolute Gasteiger partial charge is 0.356 e. The monoisotopic (exact) mass is 1420 g/mol. The Kier molecular flexibility index (Phi) is 15.9. The summed E-state index contributed by atoms with van der Waals surface area (Å²) in [6.07, 6.45) is 0. The summed E-state index contributed by atoms with van der Waals surface area (Å²) in [5, 5.41) is 6.68. The second kappa shape index (κ2) is 25.7. The summed E-state index contributed by atoms with van der Waals surface area (Å²) < 4.78 is 31.2. The van der Waals surface area contributed by atoms with Crippen LogP contribution in [0.25, 0.3) is 66.1 Å². The molecule has 4 aliphatic carbocycles. The van der Waals surface area contributed by atoms with E-state index in [1.807, 2.05) is 36.4 Å². The number of nitrogens with zero attached hydrogens (tertiary/aromatic N) is 1. The van der Waals surface area contributed by atoms with E-state index in [2.05, 4.69) is 369 Å². The van der Waals surface area contributed by atoms with E-state index < -0.39 is 10.8 Å². The summed E-state index contributed by atoms with van der Waals surface area (Å²) in [6, 6.07) is 127. The highest BCUT2D eigenvalue weighted by Crippen LogP contribution is 2.62. The van der Waals surface area contributed by atoms with E-state index in [-0.39, 0.29) is 22.5 Å². The van der Waals surface area contributed by atoms with Gasteiger partial charge < -0.3 is 10.2 Å². The minimum absolute atomic E-state index is 0.0559. The van der Waals surface area contributed by atoms with Crippen molar-refractivity contribution in [3.8, 4) is 44.5 Å². The summed E-state index contributed by atoms with van der Waals surface area (Å²) in [7, 11) is 0. The van der Waals surface area contributed by atoms with Gasteiger partial charge in [0.2, 0.25) is 0 Å². The second-order valence-corrected chi connectivity index (χ2v) is 29.9. The third-order valence-corrected chi connectivity index (χ3v) is 23.2. The number of halogens is 3. The van der Waals surface area contributed by atoms with Crippen molar-refractivity contribution in [2.75, 3.05) is 10.2 Å². The van der Waals surface area contributed by atoms with Gasteiger partial charge in [-0.3, -0.25) is 0 Å². The van der Waals surface area contributed by atoms with Crippen LogP contribution in [0.1, 0.15) is 94.5 Å². The van der Waals surface area contributed by atoms with Crippen molar-refractivity contribution in [3.63, 3.8) is 0 Å². The zero-order chi connectivity index (χ0) is 71.2. The van der Waals surface area contributed by atoms with Crippen LogP contribution < -0.4 is 10.2 Å². The predicted molar refractivity (Wildman–Crippen MR) is 436 cm³/mol. The minimum atomic E-state index is -0.631. The third-order valence-electron chi connectivity index (χ3n) is 22.7. The Hall–Kier alpha value is -12.0. The third kappa shape index (κ3) is 10.4. The Morgan fingerprint density at radius 2 is 0.629 bits per heavy atom. The predicted octanol–water partition coefficient (Wildman–Crippen LogP) is 27.0. The van der Waals surface area contributed by atoms with Crippen molar-refractivity contribution in [1.29, 1.82) is 0 Å². The first-order valence-electron chi connectivity index (χ1n) is 36.1. The topological polar surface area (TPSA) is 15.3 Å². The van der Waals surface area contributed by atoms with Crippen LogP contribution in [0.15, 0.2) is 368 Å². The van der Waals surface area contributed by atoms with Crippen LogP contribution in [0.2, 0.25) is 0 Å². The van der Waals surface area contributed by atoms with Gasteiger partial charge in [-0.05, 0) is 207 Å². The molecule has 0 aromatic heterocycles. The molecule has 5 heteroatoms. The maximum Gasteiger partial charge on any atom is 0.131 e. The first kappa shape index (κ1) is 65.0. The molecule has 0 fully saturated rings. The second-order valence-electron chi connectivity index (χ2n) is 29.0. The van der Waals surface area contributed by atoms with Gasteiger partial charge in [0.25, 0.3) is 0 Å². The highest BCUT2D eigenvalue weighted by molar-refractivity contribution is 9.10. The summed E-state index contributed by atoms with van der Waals surface area (Å²) in [6.45, 7) is 9.29. The van der Waals surface area contributed by atoms with Crippen molar-refractivity contribution in [1.82, 2.24) is 0 Å². The molecule has 0 unspecified atom stereocenters. The van der Waals surface area contributed by atoms with Crippen molar-refractivity contribution in [3.05, 3.63) is 447 Å². The van der Waals surface area contributed by atoms with Gasteiger partial charge in [0.05, 0.1) is 10.8 Å². The Morgan fingerprint density at radius 3 is 1.10 bits per heavy atom. The molecule has 16 aromatic carbocycles. The van der Waals surface area contributed by atoms with E-state index in [1.165, 1.54) is 95.1 Å².